The number of alkyl carbamates (subject to hydrolysis) is 1. The Kier molecular flexibility index (Phi) is 5.14. The fraction of sp³-hybridized carbons (Fsp3) is 0.533. The summed E-state index contributed by atoms with van der Waals surface area (Å²) in [5.74, 6) is -0.0436. The molecule has 1 aliphatic heterocycles. The van der Waals surface area contributed by atoms with Crippen LogP contribution in [0.2, 0.25) is 0 Å². The molecule has 0 spiro atoms. The Morgan fingerprint density at radius 1 is 1.48 bits per heavy atom. The third-order valence-electron chi connectivity index (χ3n) is 3.46. The Bertz CT molecular complexity index is 501. The van der Waals surface area contributed by atoms with Gasteiger partial charge in [0.2, 0.25) is 0 Å². The molecule has 0 unspecified atom stereocenters. The largest absolute Gasteiger partial charge is 0.450 e. The van der Waals surface area contributed by atoms with E-state index in [2.05, 4.69) is 10.3 Å². The summed E-state index contributed by atoms with van der Waals surface area (Å²) in [6, 6.07) is 3.55. The van der Waals surface area contributed by atoms with Crippen molar-refractivity contribution < 1.29 is 14.3 Å². The maximum Gasteiger partial charge on any atom is 0.407 e. The second-order valence-corrected chi connectivity index (χ2v) is 5.14. The van der Waals surface area contributed by atoms with E-state index in [0.29, 0.717) is 25.3 Å². The summed E-state index contributed by atoms with van der Waals surface area (Å²) in [5, 5.41) is 2.79. The number of nitrogens with zero attached hydrogens (tertiary/aromatic N) is 2. The van der Waals surface area contributed by atoms with Crippen molar-refractivity contribution in [1.82, 2.24) is 15.2 Å². The molecule has 1 aromatic heterocycles. The van der Waals surface area contributed by atoms with Gasteiger partial charge in [-0.15, -0.1) is 0 Å². The highest BCUT2D eigenvalue weighted by atomic mass is 16.5. The third kappa shape index (κ3) is 4.18. The van der Waals surface area contributed by atoms with Crippen molar-refractivity contribution in [1.29, 1.82) is 0 Å². The van der Waals surface area contributed by atoms with E-state index in [1.165, 1.54) is 0 Å². The van der Waals surface area contributed by atoms with Gasteiger partial charge >= 0.3 is 6.09 Å². The third-order valence-corrected chi connectivity index (χ3v) is 3.46. The van der Waals surface area contributed by atoms with Gasteiger partial charge in [0.25, 0.3) is 5.91 Å². The molecule has 6 heteroatoms. The molecule has 0 bridgehead atoms. The minimum atomic E-state index is -0.422. The fourth-order valence-electron chi connectivity index (χ4n) is 2.40. The number of ether oxygens (including phenoxy) is 1. The highest BCUT2D eigenvalue weighted by Gasteiger charge is 2.25. The van der Waals surface area contributed by atoms with E-state index in [1.807, 2.05) is 13.0 Å². The average Bonchev–Trinajstić information content (AvgIpc) is 2.48. The van der Waals surface area contributed by atoms with Crippen molar-refractivity contribution >= 4 is 12.0 Å². The monoisotopic (exact) mass is 291 g/mol. The number of nitrogens with one attached hydrogen (secondary N) is 1. The highest BCUT2D eigenvalue weighted by Crippen LogP contribution is 2.14. The standard InChI is InChI=1S/C15H21N3O3/c1-3-21-15(20)17-13-5-4-8-18(10-13)14(19)12-7-6-11(2)16-9-12/h6-7,9,13H,3-5,8,10H2,1-2H3,(H,17,20)/t13-/m0/s1. The van der Waals surface area contributed by atoms with E-state index in [1.54, 1.807) is 24.1 Å². The molecule has 2 amide bonds. The van der Waals surface area contributed by atoms with E-state index < -0.39 is 6.09 Å². The number of rotatable bonds is 3. The van der Waals surface area contributed by atoms with Crippen LogP contribution in [-0.4, -0.2) is 47.6 Å². The van der Waals surface area contributed by atoms with Crippen LogP contribution in [0.1, 0.15) is 35.8 Å². The molecule has 0 radical (unpaired) electrons. The van der Waals surface area contributed by atoms with Crippen molar-refractivity contribution in [2.45, 2.75) is 32.7 Å². The number of aryl methyl sites for hydroxylation is 1. The smallest absolute Gasteiger partial charge is 0.407 e. The van der Waals surface area contributed by atoms with E-state index >= 15 is 0 Å². The van der Waals surface area contributed by atoms with Crippen molar-refractivity contribution in [2.75, 3.05) is 19.7 Å². The van der Waals surface area contributed by atoms with Gasteiger partial charge in [-0.3, -0.25) is 9.78 Å². The molecule has 0 aromatic carbocycles. The summed E-state index contributed by atoms with van der Waals surface area (Å²) in [4.78, 5) is 29.8. The molecule has 1 atom stereocenters. The van der Waals surface area contributed by atoms with Crippen LogP contribution in [0, 0.1) is 6.92 Å². The van der Waals surface area contributed by atoms with Gasteiger partial charge in [-0.05, 0) is 38.8 Å². The van der Waals surface area contributed by atoms with Gasteiger partial charge in [-0.2, -0.15) is 0 Å². The number of carbonyl (C=O) groups is 2. The molecule has 0 saturated carbocycles. The molecule has 114 valence electrons. The van der Waals surface area contributed by atoms with Gasteiger partial charge in [-0.1, -0.05) is 0 Å². The van der Waals surface area contributed by atoms with Gasteiger partial charge in [-0.25, -0.2) is 4.79 Å². The number of piperidine rings is 1. The Morgan fingerprint density at radius 3 is 2.95 bits per heavy atom. The minimum absolute atomic E-state index is 0.0436. The Hall–Kier alpha value is -2.11. The average molecular weight is 291 g/mol. The van der Waals surface area contributed by atoms with Gasteiger partial charge < -0.3 is 15.0 Å². The number of hydrogen-bond donors (Lipinski definition) is 1. The lowest BCUT2D eigenvalue weighted by molar-refractivity contribution is 0.0685. The first-order valence-corrected chi connectivity index (χ1v) is 7.25. The summed E-state index contributed by atoms with van der Waals surface area (Å²) in [7, 11) is 0. The highest BCUT2D eigenvalue weighted by molar-refractivity contribution is 5.94. The molecule has 1 aliphatic rings. The van der Waals surface area contributed by atoms with Crippen LogP contribution >= 0.6 is 0 Å². The van der Waals surface area contributed by atoms with Gasteiger partial charge in [0.15, 0.2) is 0 Å². The maximum atomic E-state index is 12.4. The number of carbonyl (C=O) groups excluding carboxylic acids is 2. The summed E-state index contributed by atoms with van der Waals surface area (Å²) < 4.78 is 4.87. The van der Waals surface area contributed by atoms with Crippen LogP contribution in [0.4, 0.5) is 4.79 Å². The molecule has 1 saturated heterocycles. The van der Waals surface area contributed by atoms with Gasteiger partial charge in [0.1, 0.15) is 0 Å². The summed E-state index contributed by atoms with van der Waals surface area (Å²) in [6.45, 7) is 5.20. The van der Waals surface area contributed by atoms with Crippen LogP contribution in [0.25, 0.3) is 0 Å². The predicted molar refractivity (Wildman–Crippen MR) is 78.1 cm³/mol. The normalized spacial score (nSPS) is 18.2. The minimum Gasteiger partial charge on any atom is -0.450 e. The molecule has 2 rings (SSSR count). The number of likely N-dealkylation sites (tertiary alicyclic amines) is 1. The molecule has 1 aromatic rings. The molecule has 1 fully saturated rings. The zero-order valence-corrected chi connectivity index (χ0v) is 12.5. The van der Waals surface area contributed by atoms with E-state index in [9.17, 15) is 9.59 Å². The summed E-state index contributed by atoms with van der Waals surface area (Å²) >= 11 is 0. The molecule has 6 nitrogen and oxygen atoms in total. The number of pyridine rings is 1. The molecule has 21 heavy (non-hydrogen) atoms. The van der Waals surface area contributed by atoms with E-state index in [4.69, 9.17) is 4.74 Å². The van der Waals surface area contributed by atoms with Crippen molar-refractivity contribution in [3.05, 3.63) is 29.6 Å². The summed E-state index contributed by atoms with van der Waals surface area (Å²) in [6.07, 6.45) is 2.89. The Labute approximate surface area is 124 Å². The Balaban J connectivity index is 1.95. The zero-order chi connectivity index (χ0) is 15.2. The lowest BCUT2D eigenvalue weighted by Gasteiger charge is -2.32. The predicted octanol–water partition coefficient (Wildman–Crippen LogP) is 1.74. The van der Waals surface area contributed by atoms with Crippen LogP contribution in [-0.2, 0) is 4.74 Å². The second kappa shape index (κ2) is 7.06. The quantitative estimate of drug-likeness (QED) is 0.920. The SMILES string of the molecule is CCOC(=O)N[C@H]1CCCN(C(=O)c2ccc(C)nc2)C1. The number of aromatic nitrogens is 1. The second-order valence-electron chi connectivity index (χ2n) is 5.14. The first-order chi connectivity index (χ1) is 10.1. The Morgan fingerprint density at radius 2 is 2.29 bits per heavy atom. The number of amides is 2. The molecule has 1 N–H and O–H groups in total. The first-order valence-electron chi connectivity index (χ1n) is 7.25. The fourth-order valence-corrected chi connectivity index (χ4v) is 2.40. The van der Waals surface area contributed by atoms with E-state index in [0.717, 1.165) is 18.5 Å². The lowest BCUT2D eigenvalue weighted by Crippen LogP contribution is -2.49. The van der Waals surface area contributed by atoms with Crippen LogP contribution in [0.5, 0.6) is 0 Å². The topological polar surface area (TPSA) is 71.5 Å². The maximum absolute atomic E-state index is 12.4. The van der Waals surface area contributed by atoms with Crippen molar-refractivity contribution in [3.8, 4) is 0 Å². The molecule has 2 heterocycles. The van der Waals surface area contributed by atoms with Gasteiger partial charge in [0.05, 0.1) is 12.2 Å². The van der Waals surface area contributed by atoms with Crippen LogP contribution in [0.3, 0.4) is 0 Å². The van der Waals surface area contributed by atoms with E-state index in [-0.39, 0.29) is 11.9 Å². The summed E-state index contributed by atoms with van der Waals surface area (Å²) in [5.41, 5.74) is 1.46. The van der Waals surface area contributed by atoms with Crippen LogP contribution < -0.4 is 5.32 Å². The number of hydrogen-bond acceptors (Lipinski definition) is 4. The van der Waals surface area contributed by atoms with Crippen molar-refractivity contribution in [2.24, 2.45) is 0 Å². The molecular weight excluding hydrogens is 270 g/mol. The molecule has 0 aliphatic carbocycles. The zero-order valence-electron chi connectivity index (χ0n) is 12.5. The lowest BCUT2D eigenvalue weighted by atomic mass is 10.0. The van der Waals surface area contributed by atoms with Crippen molar-refractivity contribution in [3.63, 3.8) is 0 Å². The first kappa shape index (κ1) is 15.3. The van der Waals surface area contributed by atoms with Gasteiger partial charge in [0, 0.05) is 31.0 Å². The van der Waals surface area contributed by atoms with Crippen LogP contribution in [0.15, 0.2) is 18.3 Å². The molecular formula is C15H21N3O3.